The van der Waals surface area contributed by atoms with E-state index in [4.69, 9.17) is 4.42 Å². The Balaban J connectivity index is 1.76. The maximum atomic E-state index is 13.2. The van der Waals surface area contributed by atoms with Crippen LogP contribution in [0.2, 0.25) is 0 Å². The predicted molar refractivity (Wildman–Crippen MR) is 113 cm³/mol. The fourth-order valence-corrected chi connectivity index (χ4v) is 4.78. The fourth-order valence-electron chi connectivity index (χ4n) is 3.59. The highest BCUT2D eigenvalue weighted by Gasteiger charge is 2.19. The number of hydrogen-bond acceptors (Lipinski definition) is 5. The summed E-state index contributed by atoms with van der Waals surface area (Å²) in [6, 6.07) is 10.5. The second kappa shape index (κ2) is 6.39. The number of H-pyrrole nitrogens is 1. The van der Waals surface area contributed by atoms with E-state index in [9.17, 15) is 18.8 Å². The first-order valence-corrected chi connectivity index (χ1v) is 9.81. The number of oxazole rings is 1. The summed E-state index contributed by atoms with van der Waals surface area (Å²) in [5, 5.41) is 0.383. The summed E-state index contributed by atoms with van der Waals surface area (Å²) in [5.41, 5.74) is 1.77. The quantitative estimate of drug-likeness (QED) is 0.472. The van der Waals surface area contributed by atoms with Gasteiger partial charge in [0.1, 0.15) is 10.6 Å². The van der Waals surface area contributed by atoms with Crippen molar-refractivity contribution < 1.29 is 8.81 Å². The normalized spacial score (nSPS) is 11.6. The molecule has 0 saturated carbocycles. The van der Waals surface area contributed by atoms with Crippen LogP contribution in [0.15, 0.2) is 61.3 Å². The smallest absolute Gasteiger partial charge is 0.408 e. The van der Waals surface area contributed by atoms with E-state index < -0.39 is 22.8 Å². The van der Waals surface area contributed by atoms with Gasteiger partial charge in [-0.1, -0.05) is 6.07 Å². The Hall–Kier alpha value is -3.72. The first-order chi connectivity index (χ1) is 14.3. The van der Waals surface area contributed by atoms with E-state index in [0.29, 0.717) is 26.9 Å². The van der Waals surface area contributed by atoms with E-state index in [1.54, 1.807) is 26.1 Å². The SMILES string of the molecule is Cc1c(-c2ccc3c(c2)oc(=O)n3C)sc2[nH]c(=O)n(-c3ccc(F)cc3)c(=O)c12. The summed E-state index contributed by atoms with van der Waals surface area (Å²) in [5.74, 6) is -0.914. The third-order valence-electron chi connectivity index (χ3n) is 5.13. The lowest BCUT2D eigenvalue weighted by molar-refractivity contribution is 0.528. The number of aromatic amines is 1. The molecule has 5 rings (SSSR count). The van der Waals surface area contributed by atoms with Crippen molar-refractivity contribution in [1.82, 2.24) is 14.1 Å². The molecule has 0 saturated heterocycles. The standard InChI is InChI=1S/C21H14FN3O4S/c1-10-16-18(23-20(27)25(19(16)26)13-6-4-12(22)5-7-13)30-17(10)11-3-8-14-15(9-11)29-21(28)24(14)2/h3-9H,1-2H3,(H,23,27). The number of fused-ring (bicyclic) bond motifs is 2. The molecule has 30 heavy (non-hydrogen) atoms. The Kier molecular flexibility index (Phi) is 3.90. The number of hydrogen-bond donors (Lipinski definition) is 1. The number of aromatic nitrogens is 3. The molecule has 0 aliphatic carbocycles. The molecular weight excluding hydrogens is 409 g/mol. The summed E-state index contributed by atoms with van der Waals surface area (Å²) in [6.45, 7) is 1.80. The van der Waals surface area contributed by atoms with Crippen molar-refractivity contribution in [3.8, 4) is 16.1 Å². The van der Waals surface area contributed by atoms with Crippen LogP contribution >= 0.6 is 11.3 Å². The van der Waals surface area contributed by atoms with Crippen LogP contribution < -0.4 is 17.0 Å². The lowest BCUT2D eigenvalue weighted by atomic mass is 10.1. The minimum atomic E-state index is -0.601. The molecule has 0 radical (unpaired) electrons. The molecule has 5 aromatic rings. The van der Waals surface area contributed by atoms with Crippen molar-refractivity contribution in [3.63, 3.8) is 0 Å². The zero-order valence-corrected chi connectivity index (χ0v) is 16.7. The van der Waals surface area contributed by atoms with Gasteiger partial charge in [-0.2, -0.15) is 0 Å². The minimum absolute atomic E-state index is 0.282. The second-order valence-electron chi connectivity index (χ2n) is 6.92. The first-order valence-electron chi connectivity index (χ1n) is 8.99. The second-order valence-corrected chi connectivity index (χ2v) is 7.94. The largest absolute Gasteiger partial charge is 0.419 e. The van der Waals surface area contributed by atoms with Gasteiger partial charge in [0.25, 0.3) is 5.56 Å². The van der Waals surface area contributed by atoms with Crippen LogP contribution in [0.25, 0.3) is 37.4 Å². The molecule has 0 aliphatic heterocycles. The van der Waals surface area contributed by atoms with Gasteiger partial charge in [-0.3, -0.25) is 14.3 Å². The topological polar surface area (TPSA) is 90.0 Å². The Morgan fingerprint density at radius 1 is 1.07 bits per heavy atom. The van der Waals surface area contributed by atoms with Gasteiger partial charge in [-0.15, -0.1) is 11.3 Å². The lowest BCUT2D eigenvalue weighted by Gasteiger charge is -2.05. The van der Waals surface area contributed by atoms with Crippen molar-refractivity contribution in [3.05, 3.63) is 85.2 Å². The molecule has 3 aromatic heterocycles. The van der Waals surface area contributed by atoms with Crippen LogP contribution in [-0.4, -0.2) is 14.1 Å². The Morgan fingerprint density at radius 2 is 1.80 bits per heavy atom. The highest BCUT2D eigenvalue weighted by atomic mass is 32.1. The Morgan fingerprint density at radius 3 is 2.53 bits per heavy atom. The van der Waals surface area contributed by atoms with E-state index >= 15 is 0 Å². The molecule has 9 heteroatoms. The van der Waals surface area contributed by atoms with Gasteiger partial charge in [-0.05, 0) is 54.4 Å². The fraction of sp³-hybridized carbons (Fsp3) is 0.0952. The van der Waals surface area contributed by atoms with Crippen molar-refractivity contribution in [1.29, 1.82) is 0 Å². The maximum Gasteiger partial charge on any atom is 0.419 e. The van der Waals surface area contributed by atoms with Gasteiger partial charge in [0.05, 0.1) is 16.6 Å². The van der Waals surface area contributed by atoms with Gasteiger partial charge in [0.15, 0.2) is 5.58 Å². The number of aryl methyl sites for hydroxylation is 2. The number of halogens is 1. The zero-order chi connectivity index (χ0) is 21.2. The molecule has 0 fully saturated rings. The third-order valence-corrected chi connectivity index (χ3v) is 6.38. The van der Waals surface area contributed by atoms with Gasteiger partial charge < -0.3 is 4.42 Å². The monoisotopic (exact) mass is 423 g/mol. The average Bonchev–Trinajstić information content (AvgIpc) is 3.19. The number of nitrogens with one attached hydrogen (secondary N) is 1. The summed E-state index contributed by atoms with van der Waals surface area (Å²) < 4.78 is 20.9. The van der Waals surface area contributed by atoms with Crippen LogP contribution in [0, 0.1) is 12.7 Å². The number of rotatable bonds is 2. The van der Waals surface area contributed by atoms with Crippen LogP contribution in [0.3, 0.4) is 0 Å². The first kappa shape index (κ1) is 18.3. The summed E-state index contributed by atoms with van der Waals surface area (Å²) >= 11 is 1.28. The number of benzene rings is 2. The van der Waals surface area contributed by atoms with Crippen LogP contribution in [0.1, 0.15) is 5.56 Å². The van der Waals surface area contributed by atoms with Crippen molar-refractivity contribution in [2.75, 3.05) is 0 Å². The van der Waals surface area contributed by atoms with E-state index in [1.807, 2.05) is 6.07 Å². The molecule has 2 aromatic carbocycles. The predicted octanol–water partition coefficient (Wildman–Crippen LogP) is 3.30. The maximum absolute atomic E-state index is 13.2. The third kappa shape index (κ3) is 2.59. The average molecular weight is 423 g/mol. The van der Waals surface area contributed by atoms with E-state index in [0.717, 1.165) is 15.0 Å². The Labute approximate surface area is 171 Å². The van der Waals surface area contributed by atoms with Gasteiger partial charge >= 0.3 is 11.4 Å². The summed E-state index contributed by atoms with van der Waals surface area (Å²) in [7, 11) is 1.63. The van der Waals surface area contributed by atoms with Crippen molar-refractivity contribution >= 4 is 32.7 Å². The van der Waals surface area contributed by atoms with E-state index in [2.05, 4.69) is 4.98 Å². The molecule has 0 unspecified atom stereocenters. The van der Waals surface area contributed by atoms with E-state index in [1.165, 1.54) is 40.2 Å². The highest BCUT2D eigenvalue weighted by Crippen LogP contribution is 2.36. The molecule has 3 heterocycles. The summed E-state index contributed by atoms with van der Waals surface area (Å²) in [6.07, 6.45) is 0. The van der Waals surface area contributed by atoms with Crippen molar-refractivity contribution in [2.45, 2.75) is 6.92 Å². The van der Waals surface area contributed by atoms with Crippen LogP contribution in [0.5, 0.6) is 0 Å². The van der Waals surface area contributed by atoms with Gasteiger partial charge in [0.2, 0.25) is 0 Å². The highest BCUT2D eigenvalue weighted by molar-refractivity contribution is 7.22. The van der Waals surface area contributed by atoms with E-state index in [-0.39, 0.29) is 5.69 Å². The van der Waals surface area contributed by atoms with Crippen molar-refractivity contribution in [2.24, 2.45) is 7.05 Å². The van der Waals surface area contributed by atoms with Crippen LogP contribution in [-0.2, 0) is 7.05 Å². The molecule has 1 N–H and O–H groups in total. The summed E-state index contributed by atoms with van der Waals surface area (Å²) in [4.78, 5) is 41.5. The van der Waals surface area contributed by atoms with Gasteiger partial charge in [0, 0.05) is 11.9 Å². The number of nitrogens with zero attached hydrogens (tertiary/aromatic N) is 2. The van der Waals surface area contributed by atoms with Crippen LogP contribution in [0.4, 0.5) is 4.39 Å². The molecule has 150 valence electrons. The zero-order valence-electron chi connectivity index (χ0n) is 15.9. The van der Waals surface area contributed by atoms with Gasteiger partial charge in [-0.25, -0.2) is 18.5 Å². The molecule has 7 nitrogen and oxygen atoms in total. The molecule has 0 bridgehead atoms. The molecular formula is C21H14FN3O4S. The molecule has 0 atom stereocenters. The number of thiophene rings is 1. The Bertz CT molecular complexity index is 1630. The molecule has 0 amide bonds. The molecule has 0 spiro atoms. The lowest BCUT2D eigenvalue weighted by Crippen LogP contribution is -2.33. The minimum Gasteiger partial charge on any atom is -0.408 e. The molecule has 0 aliphatic rings.